The highest BCUT2D eigenvalue weighted by Crippen LogP contribution is 2.04. The van der Waals surface area contributed by atoms with E-state index in [2.05, 4.69) is 5.32 Å². The smallest absolute Gasteiger partial charge is 0.303 e. The van der Waals surface area contributed by atoms with Crippen molar-refractivity contribution in [2.75, 3.05) is 19.6 Å². The zero-order chi connectivity index (χ0) is 14.8. The fraction of sp³-hybridized carbons (Fsp3) is 0.467. The van der Waals surface area contributed by atoms with Gasteiger partial charge in [-0.05, 0) is 25.5 Å². The van der Waals surface area contributed by atoms with Gasteiger partial charge in [-0.1, -0.05) is 30.3 Å². The van der Waals surface area contributed by atoms with Crippen LogP contribution in [0.2, 0.25) is 0 Å². The molecule has 0 saturated heterocycles. The minimum atomic E-state index is -0.808. The van der Waals surface area contributed by atoms with Crippen molar-refractivity contribution in [3.8, 4) is 0 Å². The van der Waals surface area contributed by atoms with E-state index >= 15 is 0 Å². The second kappa shape index (κ2) is 9.09. The van der Waals surface area contributed by atoms with Crippen LogP contribution in [0.15, 0.2) is 30.3 Å². The molecule has 1 amide bonds. The number of benzene rings is 1. The average molecular weight is 278 g/mol. The van der Waals surface area contributed by atoms with Gasteiger partial charge >= 0.3 is 5.97 Å². The van der Waals surface area contributed by atoms with E-state index in [1.54, 1.807) is 4.90 Å². The molecule has 0 heterocycles. The molecule has 1 aromatic rings. The summed E-state index contributed by atoms with van der Waals surface area (Å²) in [5.74, 6) is -0.774. The number of carboxylic acids is 1. The highest BCUT2D eigenvalue weighted by Gasteiger charge is 2.11. The zero-order valence-corrected chi connectivity index (χ0v) is 11.8. The van der Waals surface area contributed by atoms with Crippen LogP contribution in [0.5, 0.6) is 0 Å². The predicted octanol–water partition coefficient (Wildman–Crippen LogP) is 1.49. The number of hydrogen-bond acceptors (Lipinski definition) is 3. The normalized spacial score (nSPS) is 10.2. The molecule has 0 spiro atoms. The Morgan fingerprint density at radius 2 is 1.95 bits per heavy atom. The Morgan fingerprint density at radius 1 is 1.25 bits per heavy atom. The Balaban J connectivity index is 2.30. The highest BCUT2D eigenvalue weighted by atomic mass is 16.4. The molecule has 2 N–H and O–H groups in total. The van der Waals surface area contributed by atoms with Gasteiger partial charge in [0.15, 0.2) is 0 Å². The van der Waals surface area contributed by atoms with E-state index < -0.39 is 5.97 Å². The van der Waals surface area contributed by atoms with Crippen LogP contribution >= 0.6 is 0 Å². The maximum absolute atomic E-state index is 12.0. The number of likely N-dealkylation sites (N-methyl/N-ethyl adjacent to an activating group) is 1. The number of carboxylic acid groups (broad SMARTS) is 1. The monoisotopic (exact) mass is 278 g/mol. The molecule has 20 heavy (non-hydrogen) atoms. The van der Waals surface area contributed by atoms with Crippen LogP contribution in [0.3, 0.4) is 0 Å². The minimum absolute atomic E-state index is 0.0340. The second-order valence-electron chi connectivity index (χ2n) is 4.57. The molecule has 0 unspecified atom stereocenters. The number of amides is 1. The summed E-state index contributed by atoms with van der Waals surface area (Å²) < 4.78 is 0. The van der Waals surface area contributed by atoms with Crippen LogP contribution in [0.25, 0.3) is 0 Å². The molecule has 5 nitrogen and oxygen atoms in total. The Morgan fingerprint density at radius 3 is 2.55 bits per heavy atom. The number of carbonyl (C=O) groups is 2. The molecular formula is C15H22N2O3. The largest absolute Gasteiger partial charge is 0.481 e. The van der Waals surface area contributed by atoms with Crippen molar-refractivity contribution in [2.24, 2.45) is 0 Å². The number of nitrogens with one attached hydrogen (secondary N) is 1. The molecule has 110 valence electrons. The first kappa shape index (κ1) is 16.2. The van der Waals surface area contributed by atoms with Crippen LogP contribution in [0.1, 0.15) is 25.3 Å². The molecular weight excluding hydrogens is 256 g/mol. The zero-order valence-electron chi connectivity index (χ0n) is 11.8. The number of rotatable bonds is 9. The third-order valence-corrected chi connectivity index (χ3v) is 2.97. The molecule has 0 aliphatic rings. The molecule has 0 radical (unpaired) electrons. The Kier molecular flexibility index (Phi) is 7.35. The van der Waals surface area contributed by atoms with Crippen molar-refractivity contribution in [3.05, 3.63) is 35.9 Å². The third-order valence-electron chi connectivity index (χ3n) is 2.97. The number of hydrogen-bond donors (Lipinski definition) is 2. The predicted molar refractivity (Wildman–Crippen MR) is 77.3 cm³/mol. The van der Waals surface area contributed by atoms with Gasteiger partial charge in [-0.3, -0.25) is 9.59 Å². The molecule has 0 fully saturated rings. The van der Waals surface area contributed by atoms with Gasteiger partial charge < -0.3 is 15.3 Å². The molecule has 0 aromatic heterocycles. The van der Waals surface area contributed by atoms with Crippen LogP contribution < -0.4 is 5.32 Å². The quantitative estimate of drug-likeness (QED) is 0.671. The summed E-state index contributed by atoms with van der Waals surface area (Å²) in [4.78, 5) is 24.2. The van der Waals surface area contributed by atoms with Crippen molar-refractivity contribution in [3.63, 3.8) is 0 Å². The van der Waals surface area contributed by atoms with Gasteiger partial charge in [-0.15, -0.1) is 0 Å². The fourth-order valence-electron chi connectivity index (χ4n) is 1.85. The minimum Gasteiger partial charge on any atom is -0.481 e. The van der Waals surface area contributed by atoms with E-state index in [0.29, 0.717) is 26.1 Å². The standard InChI is InChI=1S/C15H22N2O3/c1-2-17(12-13-7-4-3-5-8-13)14(18)11-16-10-6-9-15(19)20/h3-5,7-8,16H,2,6,9-12H2,1H3,(H,19,20). The number of nitrogens with zero attached hydrogens (tertiary/aromatic N) is 1. The third kappa shape index (κ3) is 6.33. The maximum Gasteiger partial charge on any atom is 0.303 e. The molecule has 0 atom stereocenters. The summed E-state index contributed by atoms with van der Waals surface area (Å²) >= 11 is 0. The summed E-state index contributed by atoms with van der Waals surface area (Å²) in [7, 11) is 0. The highest BCUT2D eigenvalue weighted by molar-refractivity contribution is 5.78. The SMILES string of the molecule is CCN(Cc1ccccc1)C(=O)CNCCCC(=O)O. The first-order valence-electron chi connectivity index (χ1n) is 6.87. The summed E-state index contributed by atoms with van der Waals surface area (Å²) in [5.41, 5.74) is 1.11. The van der Waals surface area contributed by atoms with E-state index in [-0.39, 0.29) is 18.9 Å². The summed E-state index contributed by atoms with van der Waals surface area (Å²) in [6, 6.07) is 9.85. The lowest BCUT2D eigenvalue weighted by atomic mass is 10.2. The molecule has 5 heteroatoms. The topological polar surface area (TPSA) is 69.6 Å². The van der Waals surface area contributed by atoms with Gasteiger partial charge in [0.2, 0.25) is 5.91 Å². The van der Waals surface area contributed by atoms with Gasteiger partial charge in [0.05, 0.1) is 6.54 Å². The van der Waals surface area contributed by atoms with Crippen LogP contribution in [0, 0.1) is 0 Å². The maximum atomic E-state index is 12.0. The Bertz CT molecular complexity index is 420. The van der Waals surface area contributed by atoms with Crippen LogP contribution in [-0.2, 0) is 16.1 Å². The van der Waals surface area contributed by atoms with Crippen molar-refractivity contribution in [1.82, 2.24) is 10.2 Å². The summed E-state index contributed by atoms with van der Waals surface area (Å²) in [6.07, 6.45) is 0.663. The summed E-state index contributed by atoms with van der Waals surface area (Å²) in [5, 5.41) is 11.5. The van der Waals surface area contributed by atoms with Gasteiger partial charge in [-0.25, -0.2) is 0 Å². The molecule has 0 aliphatic heterocycles. The van der Waals surface area contributed by atoms with Crippen molar-refractivity contribution >= 4 is 11.9 Å². The summed E-state index contributed by atoms with van der Waals surface area (Å²) in [6.45, 7) is 4.00. The lowest BCUT2D eigenvalue weighted by molar-refractivity contribution is -0.137. The molecule has 0 bridgehead atoms. The Labute approximate surface area is 119 Å². The van der Waals surface area contributed by atoms with E-state index in [1.807, 2.05) is 37.3 Å². The van der Waals surface area contributed by atoms with E-state index in [9.17, 15) is 9.59 Å². The van der Waals surface area contributed by atoms with E-state index in [4.69, 9.17) is 5.11 Å². The molecule has 0 saturated carbocycles. The first-order chi connectivity index (χ1) is 9.63. The van der Waals surface area contributed by atoms with Crippen molar-refractivity contribution in [1.29, 1.82) is 0 Å². The van der Waals surface area contributed by atoms with Crippen molar-refractivity contribution < 1.29 is 14.7 Å². The lowest BCUT2D eigenvalue weighted by Crippen LogP contribution is -2.38. The molecule has 1 rings (SSSR count). The number of carbonyl (C=O) groups excluding carboxylic acids is 1. The van der Waals surface area contributed by atoms with Gasteiger partial charge in [-0.2, -0.15) is 0 Å². The van der Waals surface area contributed by atoms with E-state index in [0.717, 1.165) is 5.56 Å². The second-order valence-corrected chi connectivity index (χ2v) is 4.57. The molecule has 1 aromatic carbocycles. The van der Waals surface area contributed by atoms with Crippen molar-refractivity contribution in [2.45, 2.75) is 26.3 Å². The fourth-order valence-corrected chi connectivity index (χ4v) is 1.85. The van der Waals surface area contributed by atoms with Gasteiger partial charge in [0, 0.05) is 19.5 Å². The van der Waals surface area contributed by atoms with E-state index in [1.165, 1.54) is 0 Å². The Hall–Kier alpha value is -1.88. The lowest BCUT2D eigenvalue weighted by Gasteiger charge is -2.21. The van der Waals surface area contributed by atoms with Gasteiger partial charge in [0.1, 0.15) is 0 Å². The number of aliphatic carboxylic acids is 1. The first-order valence-corrected chi connectivity index (χ1v) is 6.87. The van der Waals surface area contributed by atoms with Gasteiger partial charge in [0.25, 0.3) is 0 Å². The van der Waals surface area contributed by atoms with Crippen LogP contribution in [0.4, 0.5) is 0 Å². The average Bonchev–Trinajstić information content (AvgIpc) is 2.45. The van der Waals surface area contributed by atoms with Crippen LogP contribution in [-0.4, -0.2) is 41.5 Å². The molecule has 0 aliphatic carbocycles.